The molecule has 0 spiro atoms. The Balaban J connectivity index is 2.10. The summed E-state index contributed by atoms with van der Waals surface area (Å²) >= 11 is 0. The number of unbranched alkanes of at least 4 members (excludes halogenated alkanes) is 51. The zero-order valence-corrected chi connectivity index (χ0v) is 51.3. The summed E-state index contributed by atoms with van der Waals surface area (Å²) in [6, 6.07) is -0.801. The zero-order chi connectivity index (χ0) is 55.8. The van der Waals surface area contributed by atoms with Crippen LogP contribution in [0.1, 0.15) is 361 Å². The summed E-state index contributed by atoms with van der Waals surface area (Å²) < 4.78 is 11.3. The van der Waals surface area contributed by atoms with Crippen LogP contribution in [0.25, 0.3) is 0 Å². The molecule has 7 unspecified atom stereocenters. The fourth-order valence-electron chi connectivity index (χ4n) is 11.5. The molecule has 6 N–H and O–H groups in total. The summed E-state index contributed by atoms with van der Waals surface area (Å²) in [5.74, 6) is -0.167. The van der Waals surface area contributed by atoms with Gasteiger partial charge < -0.3 is 40.3 Å². The van der Waals surface area contributed by atoms with E-state index in [0.717, 1.165) is 38.5 Å². The van der Waals surface area contributed by atoms with E-state index in [1.54, 1.807) is 6.08 Å². The van der Waals surface area contributed by atoms with E-state index in [2.05, 4.69) is 19.2 Å². The van der Waals surface area contributed by atoms with Crippen molar-refractivity contribution in [2.24, 2.45) is 0 Å². The van der Waals surface area contributed by atoms with Crippen LogP contribution in [0.4, 0.5) is 0 Å². The van der Waals surface area contributed by atoms with Crippen LogP contribution >= 0.6 is 0 Å². The first-order chi connectivity index (χ1) is 37.8. The maximum atomic E-state index is 13.1. The van der Waals surface area contributed by atoms with Gasteiger partial charge in [-0.1, -0.05) is 347 Å². The Labute approximate surface area is 477 Å². The number of ether oxygens (including phenoxy) is 2. The van der Waals surface area contributed by atoms with Crippen molar-refractivity contribution in [1.82, 2.24) is 5.32 Å². The van der Waals surface area contributed by atoms with Gasteiger partial charge in [-0.3, -0.25) is 4.79 Å². The Morgan fingerprint density at radius 2 is 0.714 bits per heavy atom. The van der Waals surface area contributed by atoms with Crippen molar-refractivity contribution < 1.29 is 39.8 Å². The van der Waals surface area contributed by atoms with E-state index >= 15 is 0 Å². The molecule has 458 valence electrons. The first kappa shape index (κ1) is 73.9. The highest BCUT2D eigenvalue weighted by Crippen LogP contribution is 2.24. The van der Waals surface area contributed by atoms with Crippen molar-refractivity contribution in [3.63, 3.8) is 0 Å². The van der Waals surface area contributed by atoms with Crippen LogP contribution in [0.15, 0.2) is 12.2 Å². The van der Waals surface area contributed by atoms with E-state index < -0.39 is 49.5 Å². The smallest absolute Gasteiger partial charge is 0.220 e. The van der Waals surface area contributed by atoms with Crippen LogP contribution in [0.5, 0.6) is 0 Å². The normalized spacial score (nSPS) is 18.7. The van der Waals surface area contributed by atoms with Crippen molar-refractivity contribution in [2.75, 3.05) is 13.2 Å². The van der Waals surface area contributed by atoms with Gasteiger partial charge in [0.1, 0.15) is 24.4 Å². The number of aliphatic hydroxyl groups excluding tert-OH is 5. The SMILES string of the molecule is CCCCCCCCCCCCCCCCCCCCC/C=C/C(O)C(COC1OC(CO)C(O)C(O)C1O)NC(=O)CCCCCCCCCCCCCCCCCCCCCCCCCCCCCCCCCCC. The zero-order valence-electron chi connectivity index (χ0n) is 51.3. The molecule has 1 aliphatic heterocycles. The van der Waals surface area contributed by atoms with Crippen molar-refractivity contribution in [1.29, 1.82) is 0 Å². The summed E-state index contributed by atoms with van der Waals surface area (Å²) in [6.07, 6.45) is 67.5. The number of hydrogen-bond acceptors (Lipinski definition) is 8. The van der Waals surface area contributed by atoms with Gasteiger partial charge in [0.25, 0.3) is 0 Å². The van der Waals surface area contributed by atoms with E-state index in [-0.39, 0.29) is 12.5 Å². The molecule has 9 nitrogen and oxygen atoms in total. The fraction of sp³-hybridized carbons (Fsp3) is 0.956. The van der Waals surface area contributed by atoms with Gasteiger partial charge in [-0.2, -0.15) is 0 Å². The van der Waals surface area contributed by atoms with Crippen molar-refractivity contribution in [3.05, 3.63) is 12.2 Å². The third-order valence-corrected chi connectivity index (χ3v) is 16.9. The Hall–Kier alpha value is -1.07. The molecule has 0 bridgehead atoms. The second-order valence-corrected chi connectivity index (χ2v) is 24.3. The number of hydrogen-bond donors (Lipinski definition) is 6. The number of allylic oxidation sites excluding steroid dienone is 1. The molecule has 1 amide bonds. The van der Waals surface area contributed by atoms with E-state index in [1.807, 2.05) is 6.08 Å². The average molecular weight is 1090 g/mol. The predicted molar refractivity (Wildman–Crippen MR) is 327 cm³/mol. The highest BCUT2D eigenvalue weighted by atomic mass is 16.7. The number of amides is 1. The first-order valence-electron chi connectivity index (χ1n) is 34.4. The van der Waals surface area contributed by atoms with Gasteiger partial charge in [-0.25, -0.2) is 0 Å². The molecule has 0 aliphatic carbocycles. The molecule has 9 heteroatoms. The van der Waals surface area contributed by atoms with Crippen LogP contribution in [-0.4, -0.2) is 87.5 Å². The lowest BCUT2D eigenvalue weighted by atomic mass is 9.99. The van der Waals surface area contributed by atoms with Gasteiger partial charge >= 0.3 is 0 Å². The lowest BCUT2D eigenvalue weighted by Gasteiger charge is -2.40. The first-order valence-corrected chi connectivity index (χ1v) is 34.4. The summed E-state index contributed by atoms with van der Waals surface area (Å²) in [6.45, 7) is 3.84. The number of rotatable bonds is 61. The van der Waals surface area contributed by atoms with E-state index in [0.29, 0.717) is 6.42 Å². The lowest BCUT2D eigenvalue weighted by Crippen LogP contribution is -2.60. The molecular formula is C68H133NO8. The average Bonchev–Trinajstić information content (AvgIpc) is 3.43. The molecular weight excluding hydrogens is 959 g/mol. The highest BCUT2D eigenvalue weighted by molar-refractivity contribution is 5.76. The molecule has 0 aromatic heterocycles. The molecule has 1 aliphatic rings. The minimum atomic E-state index is -1.56. The summed E-state index contributed by atoms with van der Waals surface area (Å²) in [5, 5.41) is 54.7. The minimum absolute atomic E-state index is 0.167. The molecule has 1 rings (SSSR count). The maximum Gasteiger partial charge on any atom is 0.220 e. The summed E-state index contributed by atoms with van der Waals surface area (Å²) in [7, 11) is 0. The van der Waals surface area contributed by atoms with Gasteiger partial charge in [0, 0.05) is 6.42 Å². The van der Waals surface area contributed by atoms with Crippen molar-refractivity contribution >= 4 is 5.91 Å². The molecule has 7 atom stereocenters. The molecule has 1 heterocycles. The standard InChI is InChI=1S/C68H133NO8/c1-3-5-7-9-11-13-15-17-19-21-23-25-26-27-28-29-30-31-32-33-34-35-36-38-40-42-44-46-48-50-52-54-56-58-64(72)69-61(60-76-68-67(75)66(74)65(73)63(59-70)77-68)62(71)57-55-53-51-49-47-45-43-41-39-37-24-22-20-18-16-14-12-10-8-6-4-2/h55,57,61-63,65-68,70-71,73-75H,3-54,56,58-60H2,1-2H3,(H,69,72)/b57-55+. The summed E-state index contributed by atoms with van der Waals surface area (Å²) in [5.41, 5.74) is 0. The minimum Gasteiger partial charge on any atom is -0.394 e. The fourth-order valence-corrected chi connectivity index (χ4v) is 11.5. The molecule has 0 radical (unpaired) electrons. The highest BCUT2D eigenvalue weighted by Gasteiger charge is 2.44. The van der Waals surface area contributed by atoms with Gasteiger partial charge in [-0.15, -0.1) is 0 Å². The monoisotopic (exact) mass is 1090 g/mol. The second kappa shape index (κ2) is 58.1. The van der Waals surface area contributed by atoms with Crippen LogP contribution in [-0.2, 0) is 14.3 Å². The van der Waals surface area contributed by atoms with Crippen molar-refractivity contribution in [3.8, 4) is 0 Å². The van der Waals surface area contributed by atoms with Crippen molar-refractivity contribution in [2.45, 2.75) is 403 Å². The Morgan fingerprint density at radius 3 is 1.01 bits per heavy atom. The second-order valence-electron chi connectivity index (χ2n) is 24.3. The third kappa shape index (κ3) is 47.2. The largest absolute Gasteiger partial charge is 0.394 e. The topological polar surface area (TPSA) is 149 Å². The summed E-state index contributed by atoms with van der Waals surface area (Å²) in [4.78, 5) is 13.1. The van der Waals surface area contributed by atoms with Gasteiger partial charge in [0.15, 0.2) is 6.29 Å². The van der Waals surface area contributed by atoms with Crippen LogP contribution in [0, 0.1) is 0 Å². The van der Waals surface area contributed by atoms with Crippen LogP contribution in [0.3, 0.4) is 0 Å². The van der Waals surface area contributed by atoms with E-state index in [1.165, 1.54) is 302 Å². The molecule has 1 fully saturated rings. The van der Waals surface area contributed by atoms with Gasteiger partial charge in [0.05, 0.1) is 25.4 Å². The number of carbonyl (C=O) groups is 1. The quantitative estimate of drug-likeness (QED) is 0.0261. The third-order valence-electron chi connectivity index (χ3n) is 16.9. The number of carbonyl (C=O) groups excluding carboxylic acids is 1. The van der Waals surface area contributed by atoms with Gasteiger partial charge in [-0.05, 0) is 19.3 Å². The van der Waals surface area contributed by atoms with E-state index in [4.69, 9.17) is 9.47 Å². The molecule has 0 aromatic rings. The predicted octanol–water partition coefficient (Wildman–Crippen LogP) is 18.3. The van der Waals surface area contributed by atoms with E-state index in [9.17, 15) is 30.3 Å². The van der Waals surface area contributed by atoms with Crippen LogP contribution < -0.4 is 5.32 Å². The Morgan fingerprint density at radius 1 is 0.429 bits per heavy atom. The Kier molecular flexibility index (Phi) is 55.8. The number of nitrogens with one attached hydrogen (secondary N) is 1. The molecule has 77 heavy (non-hydrogen) atoms. The Bertz CT molecular complexity index is 1220. The maximum absolute atomic E-state index is 13.1. The van der Waals surface area contributed by atoms with Crippen LogP contribution in [0.2, 0.25) is 0 Å². The molecule has 0 saturated carbocycles. The van der Waals surface area contributed by atoms with Gasteiger partial charge in [0.2, 0.25) is 5.91 Å². The number of aliphatic hydroxyl groups is 5. The lowest BCUT2D eigenvalue weighted by molar-refractivity contribution is -0.302. The molecule has 0 aromatic carbocycles. The molecule has 1 saturated heterocycles.